The number of fused-ring (bicyclic) bond motifs is 12. The van der Waals surface area contributed by atoms with E-state index < -0.39 is 15.3 Å². The first kappa shape index (κ1) is 30.2. The predicted molar refractivity (Wildman–Crippen MR) is 214 cm³/mol. The Morgan fingerprint density at radius 1 is 0.377 bits per heavy atom. The first-order valence-corrected chi connectivity index (χ1v) is 19.4. The Morgan fingerprint density at radius 2 is 0.906 bits per heavy atom. The summed E-state index contributed by atoms with van der Waals surface area (Å²) >= 11 is 0. The molecule has 0 unspecified atom stereocenters. The van der Waals surface area contributed by atoms with Gasteiger partial charge in [-0.05, 0) is 98.1 Å². The number of sulfone groups is 1. The van der Waals surface area contributed by atoms with Crippen LogP contribution in [-0.4, -0.2) is 13.0 Å². The van der Waals surface area contributed by atoms with E-state index in [1.54, 1.807) is 6.07 Å². The molecule has 8 aromatic carbocycles. The molecule has 250 valence electrons. The molecule has 2 heterocycles. The monoisotopic (exact) mass is 697 g/mol. The Bertz CT molecular complexity index is 2970. The van der Waals surface area contributed by atoms with Gasteiger partial charge < -0.3 is 4.57 Å². The Labute approximate surface area is 308 Å². The second kappa shape index (κ2) is 11.0. The van der Waals surface area contributed by atoms with Crippen molar-refractivity contribution in [1.29, 1.82) is 0 Å². The van der Waals surface area contributed by atoms with Gasteiger partial charge in [0, 0.05) is 16.5 Å². The van der Waals surface area contributed by atoms with Crippen LogP contribution < -0.4 is 0 Å². The molecule has 11 rings (SSSR count). The van der Waals surface area contributed by atoms with Crippen LogP contribution in [0, 0.1) is 0 Å². The molecule has 0 saturated heterocycles. The lowest BCUT2D eigenvalue weighted by atomic mass is 9.67. The van der Waals surface area contributed by atoms with Gasteiger partial charge in [-0.1, -0.05) is 146 Å². The zero-order valence-electron chi connectivity index (χ0n) is 28.6. The van der Waals surface area contributed by atoms with E-state index in [1.165, 1.54) is 0 Å². The number of aromatic nitrogens is 1. The van der Waals surface area contributed by atoms with Crippen molar-refractivity contribution < 1.29 is 8.42 Å². The van der Waals surface area contributed by atoms with Crippen LogP contribution in [0.4, 0.5) is 0 Å². The third-order valence-electron chi connectivity index (χ3n) is 11.4. The van der Waals surface area contributed by atoms with Crippen LogP contribution in [0.15, 0.2) is 198 Å². The highest BCUT2D eigenvalue weighted by Crippen LogP contribution is 2.61. The van der Waals surface area contributed by atoms with Crippen molar-refractivity contribution in [2.45, 2.75) is 15.2 Å². The topological polar surface area (TPSA) is 39.1 Å². The van der Waals surface area contributed by atoms with E-state index in [2.05, 4.69) is 150 Å². The SMILES string of the molecule is O=S1(=O)c2ccccc2C2(c3ccccc3-c3ccccc32)c2cc3c4ccccc4n(-c4cc(-c5ccccc5)cc(-c5ccccc5)c4)c3cc21. The average molecular weight is 698 g/mol. The fraction of sp³-hybridized carbons (Fsp3) is 0.0204. The van der Waals surface area contributed by atoms with E-state index in [-0.39, 0.29) is 0 Å². The predicted octanol–water partition coefficient (Wildman–Crippen LogP) is 11.6. The normalized spacial score (nSPS) is 14.5. The van der Waals surface area contributed by atoms with Crippen LogP contribution in [0.2, 0.25) is 0 Å². The van der Waals surface area contributed by atoms with Crippen LogP contribution in [0.1, 0.15) is 22.3 Å². The number of hydrogen-bond acceptors (Lipinski definition) is 2. The molecule has 1 aliphatic carbocycles. The minimum Gasteiger partial charge on any atom is -0.309 e. The molecule has 9 aromatic rings. The second-order valence-electron chi connectivity index (χ2n) is 14.1. The molecular weight excluding hydrogens is 667 g/mol. The molecule has 1 aliphatic heterocycles. The summed E-state index contributed by atoms with van der Waals surface area (Å²) in [6, 6.07) is 64.8. The van der Waals surface area contributed by atoms with Gasteiger partial charge in [0.05, 0.1) is 26.2 Å². The summed E-state index contributed by atoms with van der Waals surface area (Å²) in [5.74, 6) is 0. The molecule has 0 fully saturated rings. The standard InChI is InChI=1S/C49H31NO2S/c51-53(52)47-26-14-12-24-43(47)49(41-22-10-7-19-37(41)38-20-8-11-23-42(38)49)44-30-40-39-21-9-13-25-45(39)50(46(40)31-48(44)53)36-28-34(32-15-3-1-4-16-32)27-35(29-36)33-17-5-2-6-18-33/h1-31H. The molecule has 1 aromatic heterocycles. The molecule has 0 atom stereocenters. The lowest BCUT2D eigenvalue weighted by molar-refractivity contribution is 0.581. The number of benzene rings is 8. The Hall–Kier alpha value is -6.49. The molecular formula is C49H31NO2S. The lowest BCUT2D eigenvalue weighted by Gasteiger charge is -2.39. The minimum absolute atomic E-state index is 0.349. The van der Waals surface area contributed by atoms with Crippen LogP contribution in [0.5, 0.6) is 0 Å². The van der Waals surface area contributed by atoms with E-state index in [9.17, 15) is 0 Å². The van der Waals surface area contributed by atoms with Crippen LogP contribution >= 0.6 is 0 Å². The second-order valence-corrected chi connectivity index (χ2v) is 15.9. The highest BCUT2D eigenvalue weighted by molar-refractivity contribution is 7.91. The van der Waals surface area contributed by atoms with E-state index in [1.807, 2.05) is 36.4 Å². The van der Waals surface area contributed by atoms with Crippen molar-refractivity contribution in [3.05, 3.63) is 210 Å². The molecule has 53 heavy (non-hydrogen) atoms. The maximum Gasteiger partial charge on any atom is 0.207 e. The molecule has 1 spiro atoms. The maximum absolute atomic E-state index is 15.0. The third-order valence-corrected chi connectivity index (χ3v) is 13.2. The van der Waals surface area contributed by atoms with Crippen molar-refractivity contribution in [2.75, 3.05) is 0 Å². The van der Waals surface area contributed by atoms with Gasteiger partial charge in [0.1, 0.15) is 0 Å². The van der Waals surface area contributed by atoms with Crippen molar-refractivity contribution in [3.8, 4) is 39.1 Å². The summed E-state index contributed by atoms with van der Waals surface area (Å²) in [5.41, 5.74) is 12.5. The minimum atomic E-state index is -3.91. The molecule has 0 saturated carbocycles. The molecule has 0 N–H and O–H groups in total. The van der Waals surface area contributed by atoms with Crippen molar-refractivity contribution in [3.63, 3.8) is 0 Å². The Morgan fingerprint density at radius 3 is 1.55 bits per heavy atom. The lowest BCUT2D eigenvalue weighted by Crippen LogP contribution is -2.36. The van der Waals surface area contributed by atoms with E-state index in [0.29, 0.717) is 9.79 Å². The third kappa shape index (κ3) is 4.07. The average Bonchev–Trinajstić information content (AvgIpc) is 3.71. The number of rotatable bonds is 3. The summed E-state index contributed by atoms with van der Waals surface area (Å²) < 4.78 is 32.3. The van der Waals surface area contributed by atoms with E-state index in [0.717, 1.165) is 83.1 Å². The zero-order chi connectivity index (χ0) is 35.3. The van der Waals surface area contributed by atoms with Crippen LogP contribution in [-0.2, 0) is 15.3 Å². The number of para-hydroxylation sites is 1. The smallest absolute Gasteiger partial charge is 0.207 e. The largest absolute Gasteiger partial charge is 0.309 e. The van der Waals surface area contributed by atoms with E-state index >= 15 is 8.42 Å². The van der Waals surface area contributed by atoms with Gasteiger partial charge >= 0.3 is 0 Å². The first-order valence-electron chi connectivity index (χ1n) is 17.9. The molecule has 4 heteroatoms. The zero-order valence-corrected chi connectivity index (χ0v) is 29.4. The quantitative estimate of drug-likeness (QED) is 0.184. The highest BCUT2D eigenvalue weighted by Gasteiger charge is 2.53. The van der Waals surface area contributed by atoms with Gasteiger partial charge in [-0.15, -0.1) is 0 Å². The van der Waals surface area contributed by atoms with Crippen molar-refractivity contribution in [1.82, 2.24) is 4.57 Å². The summed E-state index contributed by atoms with van der Waals surface area (Å²) in [4.78, 5) is 0.709. The summed E-state index contributed by atoms with van der Waals surface area (Å²) in [5, 5.41) is 2.09. The van der Waals surface area contributed by atoms with Gasteiger partial charge in [-0.25, -0.2) is 8.42 Å². The molecule has 2 aliphatic rings. The number of nitrogens with zero attached hydrogens (tertiary/aromatic N) is 1. The van der Waals surface area contributed by atoms with Crippen molar-refractivity contribution in [2.24, 2.45) is 0 Å². The molecule has 3 nitrogen and oxygen atoms in total. The van der Waals surface area contributed by atoms with Gasteiger partial charge in [0.15, 0.2) is 0 Å². The highest BCUT2D eigenvalue weighted by atomic mass is 32.2. The fourth-order valence-electron chi connectivity index (χ4n) is 9.21. The van der Waals surface area contributed by atoms with Gasteiger partial charge in [-0.2, -0.15) is 0 Å². The fourth-order valence-corrected chi connectivity index (χ4v) is 11.0. The molecule has 0 bridgehead atoms. The van der Waals surface area contributed by atoms with Crippen LogP contribution in [0.3, 0.4) is 0 Å². The van der Waals surface area contributed by atoms with Gasteiger partial charge in [0.25, 0.3) is 0 Å². The van der Waals surface area contributed by atoms with Crippen LogP contribution in [0.25, 0.3) is 60.9 Å². The summed E-state index contributed by atoms with van der Waals surface area (Å²) in [6.45, 7) is 0. The van der Waals surface area contributed by atoms with E-state index in [4.69, 9.17) is 0 Å². The first-order chi connectivity index (χ1) is 26.0. The van der Waals surface area contributed by atoms with Gasteiger partial charge in [0.2, 0.25) is 9.84 Å². The Kier molecular flexibility index (Phi) is 6.26. The molecule has 0 radical (unpaired) electrons. The molecule has 0 amide bonds. The maximum atomic E-state index is 15.0. The Balaban J connectivity index is 1.28. The summed E-state index contributed by atoms with van der Waals surface area (Å²) in [6.07, 6.45) is 0. The van der Waals surface area contributed by atoms with Crippen molar-refractivity contribution >= 4 is 31.6 Å². The number of hydrogen-bond donors (Lipinski definition) is 0. The summed E-state index contributed by atoms with van der Waals surface area (Å²) in [7, 11) is -3.91. The van der Waals surface area contributed by atoms with Gasteiger partial charge in [-0.3, -0.25) is 0 Å².